The number of fused-ring (bicyclic) bond motifs is 3. The van der Waals surface area contributed by atoms with Crippen molar-refractivity contribution in [2.45, 2.75) is 18.3 Å². The van der Waals surface area contributed by atoms with E-state index < -0.39 is 46.8 Å². The third-order valence-corrected chi connectivity index (χ3v) is 4.82. The number of hydrogen-bond donors (Lipinski definition) is 0. The summed E-state index contributed by atoms with van der Waals surface area (Å²) in [6.07, 6.45) is -8.65. The van der Waals surface area contributed by atoms with Gasteiger partial charge in [-0.15, -0.1) is 0 Å². The monoisotopic (exact) mass is 414 g/mol. The van der Waals surface area contributed by atoms with E-state index in [1.54, 1.807) is 24.3 Å². The Hall–Kier alpha value is -2.97. The quantitative estimate of drug-likeness (QED) is 0.462. The maximum absolute atomic E-state index is 13.1. The zero-order valence-corrected chi connectivity index (χ0v) is 14.5. The van der Waals surface area contributed by atoms with Crippen molar-refractivity contribution in [3.05, 3.63) is 70.8 Å². The topological polar surface area (TPSA) is 35.5 Å². The number of para-hydroxylation sites is 1. The molecule has 9 heteroatoms. The van der Waals surface area contributed by atoms with Gasteiger partial charge in [0.1, 0.15) is 11.5 Å². The predicted octanol–water partition coefficient (Wildman–Crippen LogP) is 5.41. The molecule has 2 aromatic rings. The normalized spacial score (nSPS) is 21.4. The van der Waals surface area contributed by atoms with E-state index in [1.165, 1.54) is 6.08 Å². The number of cyclic esters (lactones) is 1. The summed E-state index contributed by atoms with van der Waals surface area (Å²) in [6, 6.07) is 7.84. The number of hydrogen-bond acceptors (Lipinski definition) is 3. The van der Waals surface area contributed by atoms with E-state index in [0.717, 1.165) is 0 Å². The summed E-state index contributed by atoms with van der Waals surface area (Å²) in [5, 5.41) is 0. The molecular weight excluding hydrogens is 402 g/mol. The second kappa shape index (κ2) is 6.53. The van der Waals surface area contributed by atoms with Crippen molar-refractivity contribution in [1.82, 2.24) is 0 Å². The molecule has 2 atom stereocenters. The number of rotatable bonds is 1. The second-order valence-electron chi connectivity index (χ2n) is 6.74. The lowest BCUT2D eigenvalue weighted by Crippen LogP contribution is -2.34. The molecule has 2 aromatic carbocycles. The smallest absolute Gasteiger partial charge is 0.416 e. The number of esters is 1. The van der Waals surface area contributed by atoms with Crippen molar-refractivity contribution in [3.8, 4) is 5.75 Å². The minimum absolute atomic E-state index is 0.0253. The van der Waals surface area contributed by atoms with Crippen LogP contribution in [0.4, 0.5) is 26.3 Å². The van der Waals surface area contributed by atoms with Gasteiger partial charge in [0.15, 0.2) is 0 Å². The molecule has 0 fully saturated rings. The summed E-state index contributed by atoms with van der Waals surface area (Å²) in [5.74, 6) is -1.94. The van der Waals surface area contributed by atoms with Crippen LogP contribution >= 0.6 is 0 Å². The van der Waals surface area contributed by atoms with E-state index >= 15 is 0 Å². The highest BCUT2D eigenvalue weighted by molar-refractivity contribution is 5.88. The van der Waals surface area contributed by atoms with E-state index in [1.807, 2.05) is 0 Å². The van der Waals surface area contributed by atoms with E-state index in [2.05, 4.69) is 0 Å². The largest absolute Gasteiger partial charge is 0.493 e. The number of ether oxygens (including phenoxy) is 2. The van der Waals surface area contributed by atoms with Gasteiger partial charge in [-0.1, -0.05) is 18.2 Å². The molecule has 0 saturated heterocycles. The number of halogens is 6. The van der Waals surface area contributed by atoms with Gasteiger partial charge in [0.05, 0.1) is 23.7 Å². The highest BCUT2D eigenvalue weighted by Crippen LogP contribution is 2.44. The average molecular weight is 414 g/mol. The van der Waals surface area contributed by atoms with Crippen LogP contribution in [0.2, 0.25) is 0 Å². The van der Waals surface area contributed by atoms with Crippen LogP contribution in [0.25, 0.3) is 5.76 Å². The van der Waals surface area contributed by atoms with Crippen LogP contribution in [-0.2, 0) is 21.9 Å². The molecule has 3 nitrogen and oxygen atoms in total. The predicted molar refractivity (Wildman–Crippen MR) is 88.7 cm³/mol. The molecule has 0 N–H and O–H groups in total. The van der Waals surface area contributed by atoms with Crippen LogP contribution in [0.15, 0.2) is 48.5 Å². The fourth-order valence-electron chi connectivity index (χ4n) is 3.48. The fraction of sp³-hybridized carbons (Fsp3) is 0.250. The van der Waals surface area contributed by atoms with Crippen molar-refractivity contribution in [1.29, 1.82) is 0 Å². The fourth-order valence-corrected chi connectivity index (χ4v) is 3.48. The first-order valence-electron chi connectivity index (χ1n) is 8.49. The lowest BCUT2D eigenvalue weighted by molar-refractivity contribution is -0.143. The Balaban J connectivity index is 1.79. The summed E-state index contributed by atoms with van der Waals surface area (Å²) in [7, 11) is 0. The molecule has 0 amide bonds. The third kappa shape index (κ3) is 3.56. The summed E-state index contributed by atoms with van der Waals surface area (Å²) in [4.78, 5) is 12.6. The zero-order valence-electron chi connectivity index (χ0n) is 14.5. The summed E-state index contributed by atoms with van der Waals surface area (Å²) in [5.41, 5.74) is -2.87. The lowest BCUT2D eigenvalue weighted by Gasteiger charge is -2.34. The number of benzene rings is 2. The van der Waals surface area contributed by atoms with Crippen LogP contribution in [0.3, 0.4) is 0 Å². The molecule has 0 saturated carbocycles. The molecule has 2 aliphatic heterocycles. The van der Waals surface area contributed by atoms with E-state index in [4.69, 9.17) is 9.47 Å². The molecule has 0 unspecified atom stereocenters. The summed E-state index contributed by atoms with van der Waals surface area (Å²) >= 11 is 0. The maximum atomic E-state index is 13.1. The molecule has 2 heterocycles. The van der Waals surface area contributed by atoms with Crippen LogP contribution in [0.5, 0.6) is 5.75 Å². The van der Waals surface area contributed by atoms with Crippen LogP contribution in [0, 0.1) is 5.92 Å². The molecular formula is C20H12F6O3. The first kappa shape index (κ1) is 19.4. The second-order valence-corrected chi connectivity index (χ2v) is 6.74. The van der Waals surface area contributed by atoms with Crippen LogP contribution in [-0.4, -0.2) is 12.6 Å². The molecule has 152 valence electrons. The highest BCUT2D eigenvalue weighted by atomic mass is 19.4. The molecule has 0 aromatic heterocycles. The minimum Gasteiger partial charge on any atom is -0.493 e. The molecule has 0 bridgehead atoms. The van der Waals surface area contributed by atoms with Gasteiger partial charge >= 0.3 is 18.3 Å². The lowest BCUT2D eigenvalue weighted by atomic mass is 9.82. The van der Waals surface area contributed by atoms with Crippen molar-refractivity contribution in [3.63, 3.8) is 0 Å². The average Bonchev–Trinajstić information content (AvgIpc) is 2.65. The van der Waals surface area contributed by atoms with Crippen molar-refractivity contribution in [2.24, 2.45) is 5.92 Å². The Morgan fingerprint density at radius 3 is 2.14 bits per heavy atom. The molecule has 4 rings (SSSR count). The Morgan fingerprint density at radius 2 is 1.52 bits per heavy atom. The molecule has 29 heavy (non-hydrogen) atoms. The van der Waals surface area contributed by atoms with Gasteiger partial charge in [-0.3, -0.25) is 4.79 Å². The standard InChI is InChI=1S/C20H12F6O3/c21-19(22,23)12-5-10(6-13(8-12)20(24,25)26)16-7-11-9-28-15-4-2-1-3-14(15)17(11)18(27)29-16/h1-8,11,17H,9H2/t11-,17-/m0/s1. The SMILES string of the molecule is O=C1OC(c2cc(C(F)(F)F)cc(C(F)(F)F)c2)=C[C@H]2COc3ccccc3[C@@H]12. The van der Waals surface area contributed by atoms with Crippen molar-refractivity contribution < 1.29 is 40.6 Å². The maximum Gasteiger partial charge on any atom is 0.416 e. The van der Waals surface area contributed by atoms with Gasteiger partial charge in [0.2, 0.25) is 0 Å². The summed E-state index contributed by atoms with van der Waals surface area (Å²) < 4.78 is 89.3. The van der Waals surface area contributed by atoms with E-state index in [-0.39, 0.29) is 18.4 Å². The molecule has 0 aliphatic carbocycles. The Labute approximate surface area is 160 Å². The van der Waals surface area contributed by atoms with Gasteiger partial charge in [-0.2, -0.15) is 26.3 Å². The number of carbonyl (C=O) groups excluding carboxylic acids is 1. The Kier molecular flexibility index (Phi) is 4.36. The minimum atomic E-state index is -5.00. The van der Waals surface area contributed by atoms with Crippen molar-refractivity contribution in [2.75, 3.05) is 6.61 Å². The van der Waals surface area contributed by atoms with Crippen LogP contribution in [0.1, 0.15) is 28.2 Å². The van der Waals surface area contributed by atoms with Crippen LogP contribution < -0.4 is 4.74 Å². The summed E-state index contributed by atoms with van der Waals surface area (Å²) in [6.45, 7) is 0.0470. The number of alkyl halides is 6. The van der Waals surface area contributed by atoms with Gasteiger partial charge in [0.25, 0.3) is 0 Å². The van der Waals surface area contributed by atoms with E-state index in [0.29, 0.717) is 23.4 Å². The first-order chi connectivity index (χ1) is 13.5. The van der Waals surface area contributed by atoms with Gasteiger partial charge in [-0.25, -0.2) is 0 Å². The van der Waals surface area contributed by atoms with Crippen molar-refractivity contribution >= 4 is 11.7 Å². The first-order valence-corrected chi connectivity index (χ1v) is 8.49. The Bertz CT molecular complexity index is 974. The highest BCUT2D eigenvalue weighted by Gasteiger charge is 2.42. The van der Waals surface area contributed by atoms with Gasteiger partial charge < -0.3 is 9.47 Å². The van der Waals surface area contributed by atoms with E-state index in [9.17, 15) is 31.1 Å². The molecule has 0 spiro atoms. The zero-order chi connectivity index (χ0) is 21.0. The number of carbonyl (C=O) groups is 1. The Morgan fingerprint density at radius 1 is 0.897 bits per heavy atom. The third-order valence-electron chi connectivity index (χ3n) is 4.82. The molecule has 2 aliphatic rings. The van der Waals surface area contributed by atoms with Gasteiger partial charge in [-0.05, 0) is 30.3 Å². The molecule has 0 radical (unpaired) electrons. The van der Waals surface area contributed by atoms with Gasteiger partial charge in [0, 0.05) is 17.0 Å².